The molecule has 0 unspecified atom stereocenters. The van der Waals surface area contributed by atoms with Gasteiger partial charge in [-0.2, -0.15) is 8.42 Å². The van der Waals surface area contributed by atoms with Crippen molar-refractivity contribution in [3.8, 4) is 5.75 Å². The van der Waals surface area contributed by atoms with Crippen LogP contribution in [0.4, 0.5) is 0 Å². The molecule has 202 valence electrons. The average molecular weight is 528 g/mol. The molecule has 0 aliphatic heterocycles. The van der Waals surface area contributed by atoms with Gasteiger partial charge in [-0.3, -0.25) is 9.45 Å². The summed E-state index contributed by atoms with van der Waals surface area (Å²) in [5, 5.41) is 9.83. The lowest BCUT2D eigenvalue weighted by Crippen LogP contribution is -2.38. The molecule has 0 saturated heterocycles. The van der Waals surface area contributed by atoms with E-state index < -0.39 is 10.1 Å². The average Bonchev–Trinajstić information content (AvgIpc) is 2.85. The minimum absolute atomic E-state index is 0.0254. The number of benzene rings is 3. The smallest absolute Gasteiger partial charge is 0.261 e. The Morgan fingerprint density at radius 1 is 0.838 bits per heavy atom. The minimum Gasteiger partial charge on any atom is -0.489 e. The molecular formula is C30H41NO5S. The maximum absolute atomic E-state index is 9.83. The fraction of sp³-hybridized carbons (Fsp3) is 0.400. The van der Waals surface area contributed by atoms with Crippen LogP contribution in [0.2, 0.25) is 0 Å². The maximum atomic E-state index is 9.83. The van der Waals surface area contributed by atoms with E-state index in [-0.39, 0.29) is 12.5 Å². The van der Waals surface area contributed by atoms with E-state index in [0.717, 1.165) is 35.4 Å². The molecule has 0 amide bonds. The monoisotopic (exact) mass is 527 g/mol. The number of hydrogen-bond donors (Lipinski definition) is 2. The van der Waals surface area contributed by atoms with Crippen LogP contribution in [0.25, 0.3) is 0 Å². The van der Waals surface area contributed by atoms with Crippen LogP contribution in [0.1, 0.15) is 62.3 Å². The zero-order chi connectivity index (χ0) is 27.4. The standard InChI is InChI=1S/C29H37NO2.CH4O3S/c1-22(2)30(23(3)4)18-17-27(26-13-9-6-10-14-26)28-19-25(20-31)15-16-29(28)32-21-24-11-7-5-8-12-24;1-5(2,3)4/h5-16,19,22-23,27,31H,17-18,20-21H2,1-4H3;1H3,(H,2,3,4)/t27-;/m1./s1. The predicted octanol–water partition coefficient (Wildman–Crippen LogP) is 5.90. The minimum atomic E-state index is -3.67. The zero-order valence-corrected chi connectivity index (χ0v) is 23.4. The fourth-order valence-corrected chi connectivity index (χ4v) is 4.41. The molecule has 0 fully saturated rings. The number of aliphatic hydroxyl groups is 1. The highest BCUT2D eigenvalue weighted by atomic mass is 32.2. The van der Waals surface area contributed by atoms with Crippen LogP contribution >= 0.6 is 0 Å². The summed E-state index contributed by atoms with van der Waals surface area (Å²) in [5.41, 5.74) is 4.48. The first kappa shape index (κ1) is 30.5. The molecule has 0 saturated carbocycles. The SMILES string of the molecule is CC(C)N(CC[C@H](c1ccccc1)c1cc(CO)ccc1OCc1ccccc1)C(C)C.CS(=O)(=O)O. The molecule has 0 heterocycles. The van der Waals surface area contributed by atoms with E-state index in [4.69, 9.17) is 9.29 Å². The van der Waals surface area contributed by atoms with E-state index in [0.29, 0.717) is 24.9 Å². The van der Waals surface area contributed by atoms with Gasteiger partial charge in [-0.15, -0.1) is 0 Å². The first-order chi connectivity index (χ1) is 17.5. The van der Waals surface area contributed by atoms with Gasteiger partial charge in [-0.1, -0.05) is 66.7 Å². The Kier molecular flexibility index (Phi) is 12.3. The summed E-state index contributed by atoms with van der Waals surface area (Å²) >= 11 is 0. The number of hydrogen-bond acceptors (Lipinski definition) is 5. The summed E-state index contributed by atoms with van der Waals surface area (Å²) in [6.45, 7) is 10.6. The second-order valence-electron chi connectivity index (χ2n) is 9.71. The Hall–Kier alpha value is -2.71. The molecule has 3 rings (SSSR count). The van der Waals surface area contributed by atoms with Crippen LogP contribution in [0, 0.1) is 0 Å². The topological polar surface area (TPSA) is 87.1 Å². The van der Waals surface area contributed by atoms with Crippen molar-refractivity contribution in [1.82, 2.24) is 4.90 Å². The Labute approximate surface area is 222 Å². The van der Waals surface area contributed by atoms with Crippen LogP contribution in [0.15, 0.2) is 78.9 Å². The number of nitrogens with zero attached hydrogens (tertiary/aromatic N) is 1. The Balaban J connectivity index is 0.000000877. The van der Waals surface area contributed by atoms with Crippen molar-refractivity contribution >= 4 is 10.1 Å². The quantitative estimate of drug-likeness (QED) is 0.302. The van der Waals surface area contributed by atoms with Crippen LogP contribution in [-0.2, 0) is 23.3 Å². The first-order valence-electron chi connectivity index (χ1n) is 12.6. The molecule has 2 N–H and O–H groups in total. The molecule has 3 aromatic rings. The third kappa shape index (κ3) is 11.1. The lowest BCUT2D eigenvalue weighted by molar-refractivity contribution is 0.170. The summed E-state index contributed by atoms with van der Waals surface area (Å²) in [4.78, 5) is 2.54. The first-order valence-corrected chi connectivity index (χ1v) is 14.5. The maximum Gasteiger partial charge on any atom is 0.261 e. The molecule has 37 heavy (non-hydrogen) atoms. The number of ether oxygens (including phenoxy) is 1. The van der Waals surface area contributed by atoms with E-state index >= 15 is 0 Å². The molecule has 1 atom stereocenters. The normalized spacial score (nSPS) is 12.4. The van der Waals surface area contributed by atoms with Crippen LogP contribution in [0.5, 0.6) is 5.75 Å². The molecule has 0 aliphatic rings. The highest BCUT2D eigenvalue weighted by Gasteiger charge is 2.22. The molecule has 0 bridgehead atoms. The van der Waals surface area contributed by atoms with Gasteiger partial charge in [0.1, 0.15) is 12.4 Å². The van der Waals surface area contributed by atoms with Crippen molar-refractivity contribution in [3.63, 3.8) is 0 Å². The third-order valence-electron chi connectivity index (χ3n) is 6.07. The highest BCUT2D eigenvalue weighted by molar-refractivity contribution is 7.85. The van der Waals surface area contributed by atoms with Crippen molar-refractivity contribution in [2.45, 2.75) is 65.3 Å². The summed E-state index contributed by atoms with van der Waals surface area (Å²) in [5.74, 6) is 1.08. The van der Waals surface area contributed by atoms with E-state index in [1.165, 1.54) is 5.56 Å². The summed E-state index contributed by atoms with van der Waals surface area (Å²) < 4.78 is 32.2. The second kappa shape index (κ2) is 14.9. The van der Waals surface area contributed by atoms with Gasteiger partial charge in [0.15, 0.2) is 0 Å². The number of rotatable bonds is 11. The predicted molar refractivity (Wildman–Crippen MR) is 150 cm³/mol. The molecule has 6 nitrogen and oxygen atoms in total. The van der Waals surface area contributed by atoms with Gasteiger partial charge in [0.25, 0.3) is 10.1 Å². The molecule has 0 aliphatic carbocycles. The van der Waals surface area contributed by atoms with Crippen LogP contribution in [0.3, 0.4) is 0 Å². The number of aliphatic hydroxyl groups excluding tert-OH is 1. The third-order valence-corrected chi connectivity index (χ3v) is 6.07. The van der Waals surface area contributed by atoms with E-state index in [9.17, 15) is 13.5 Å². The Morgan fingerprint density at radius 2 is 1.38 bits per heavy atom. The van der Waals surface area contributed by atoms with Crippen LogP contribution < -0.4 is 4.74 Å². The van der Waals surface area contributed by atoms with Crippen molar-refractivity contribution < 1.29 is 22.8 Å². The highest BCUT2D eigenvalue weighted by Crippen LogP contribution is 2.36. The summed E-state index contributed by atoms with van der Waals surface area (Å²) in [6.07, 6.45) is 1.70. The summed E-state index contributed by atoms with van der Waals surface area (Å²) in [7, 11) is -3.67. The molecule has 3 aromatic carbocycles. The molecule has 7 heteroatoms. The van der Waals surface area contributed by atoms with Gasteiger partial charge in [0.05, 0.1) is 12.9 Å². The fourth-order valence-electron chi connectivity index (χ4n) is 4.41. The Morgan fingerprint density at radius 3 is 1.89 bits per heavy atom. The van der Waals surface area contributed by atoms with E-state index in [1.54, 1.807) is 0 Å². The van der Waals surface area contributed by atoms with Gasteiger partial charge in [0.2, 0.25) is 0 Å². The van der Waals surface area contributed by atoms with Crippen molar-refractivity contribution in [2.75, 3.05) is 12.8 Å². The molecule has 0 radical (unpaired) electrons. The van der Waals surface area contributed by atoms with Gasteiger partial charge >= 0.3 is 0 Å². The van der Waals surface area contributed by atoms with Gasteiger partial charge in [0, 0.05) is 23.6 Å². The zero-order valence-electron chi connectivity index (χ0n) is 22.5. The Bertz CT molecular complexity index is 1150. The summed E-state index contributed by atoms with van der Waals surface area (Å²) in [6, 6.07) is 28.0. The van der Waals surface area contributed by atoms with Gasteiger partial charge in [-0.25, -0.2) is 0 Å². The van der Waals surface area contributed by atoms with E-state index in [2.05, 4.69) is 81.1 Å². The molecule has 0 spiro atoms. The van der Waals surface area contributed by atoms with E-state index in [1.807, 2.05) is 30.3 Å². The lowest BCUT2D eigenvalue weighted by Gasteiger charge is -2.32. The molecular weight excluding hydrogens is 486 g/mol. The van der Waals surface area contributed by atoms with Crippen LogP contribution in [-0.4, -0.2) is 47.9 Å². The van der Waals surface area contributed by atoms with Crippen molar-refractivity contribution in [3.05, 3.63) is 101 Å². The largest absolute Gasteiger partial charge is 0.489 e. The lowest BCUT2D eigenvalue weighted by atomic mass is 9.86. The van der Waals surface area contributed by atoms with Crippen molar-refractivity contribution in [2.24, 2.45) is 0 Å². The van der Waals surface area contributed by atoms with Gasteiger partial charge < -0.3 is 9.84 Å². The molecule has 0 aromatic heterocycles. The second-order valence-corrected chi connectivity index (χ2v) is 11.2. The van der Waals surface area contributed by atoms with Gasteiger partial charge in [-0.05, 0) is 69.5 Å². The van der Waals surface area contributed by atoms with Crippen molar-refractivity contribution in [1.29, 1.82) is 0 Å².